The second kappa shape index (κ2) is 11.7. The molecular formula is C22H37NO6P+. The number of nitrogens with zero attached hydrogens (tertiary/aromatic N) is 1. The maximum Gasteiger partial charge on any atom is 0.472 e. The smallest absolute Gasteiger partial charge is 0.379 e. The first-order valence-electron chi connectivity index (χ1n) is 11.3. The minimum Gasteiger partial charge on any atom is -0.379 e. The third-order valence-electron chi connectivity index (χ3n) is 6.16. The molecule has 1 aromatic rings. The molecule has 3 rings (SSSR count). The number of phosphoric ester groups is 1. The molecule has 1 unspecified atom stereocenters. The van der Waals surface area contributed by atoms with Gasteiger partial charge in [0.2, 0.25) is 0 Å². The van der Waals surface area contributed by atoms with Crippen molar-refractivity contribution >= 4 is 7.82 Å². The normalized spacial score (nSPS) is 27.8. The van der Waals surface area contributed by atoms with Crippen LogP contribution in [-0.2, 0) is 29.6 Å². The Kier molecular flexibility index (Phi) is 9.30. The van der Waals surface area contributed by atoms with E-state index in [1.807, 2.05) is 35.2 Å². The average molecular weight is 443 g/mol. The molecule has 1 aliphatic heterocycles. The van der Waals surface area contributed by atoms with E-state index in [1.165, 1.54) is 19.3 Å². The van der Waals surface area contributed by atoms with Crippen LogP contribution in [0.5, 0.6) is 0 Å². The minimum absolute atomic E-state index is 0.0403. The van der Waals surface area contributed by atoms with Crippen LogP contribution >= 0.6 is 7.82 Å². The molecule has 2 fully saturated rings. The highest BCUT2D eigenvalue weighted by Gasteiger charge is 2.52. The molecule has 170 valence electrons. The molecule has 0 aromatic carbocycles. The standard InChI is InChI=1S/C22H36NO6P/c1-2-3-4-8-15-26-18-20-17-22(11-9-10-21(22)29-20)19-28-30(24,25)27-16-14-23-12-6-5-7-13-23/h5-7,12-13,20-21H,2-4,8-11,14-19H2,1H3/p+1/t20-,21+,22+/m1/s1. The Morgan fingerprint density at radius 1 is 1.17 bits per heavy atom. The fraction of sp³-hybridized carbons (Fsp3) is 0.773. The fourth-order valence-corrected chi connectivity index (χ4v) is 5.35. The van der Waals surface area contributed by atoms with E-state index in [1.54, 1.807) is 0 Å². The lowest BCUT2D eigenvalue weighted by molar-refractivity contribution is -0.697. The van der Waals surface area contributed by atoms with Gasteiger partial charge in [-0.05, 0) is 25.7 Å². The van der Waals surface area contributed by atoms with Crippen molar-refractivity contribution in [2.75, 3.05) is 26.4 Å². The second-order valence-corrected chi connectivity index (χ2v) is 9.98. The van der Waals surface area contributed by atoms with Crippen LogP contribution in [0.3, 0.4) is 0 Å². The summed E-state index contributed by atoms with van der Waals surface area (Å²) in [5.41, 5.74) is -0.202. The molecule has 0 amide bonds. The topological polar surface area (TPSA) is 78.1 Å². The lowest BCUT2D eigenvalue weighted by Crippen LogP contribution is -2.34. The van der Waals surface area contributed by atoms with Crippen molar-refractivity contribution in [1.29, 1.82) is 0 Å². The van der Waals surface area contributed by atoms with Gasteiger partial charge in [0, 0.05) is 24.2 Å². The summed E-state index contributed by atoms with van der Waals surface area (Å²) < 4.78 is 36.9. The quantitative estimate of drug-likeness (QED) is 0.266. The van der Waals surface area contributed by atoms with Gasteiger partial charge in [0.05, 0.1) is 25.4 Å². The van der Waals surface area contributed by atoms with Crippen LogP contribution in [0.1, 0.15) is 58.3 Å². The van der Waals surface area contributed by atoms with E-state index >= 15 is 0 Å². The summed E-state index contributed by atoms with van der Waals surface area (Å²) in [5.74, 6) is 0. The highest BCUT2D eigenvalue weighted by atomic mass is 31.2. The molecule has 1 aromatic heterocycles. The van der Waals surface area contributed by atoms with E-state index in [9.17, 15) is 9.46 Å². The third-order valence-corrected chi connectivity index (χ3v) is 7.12. The van der Waals surface area contributed by atoms with E-state index in [4.69, 9.17) is 18.5 Å². The summed E-state index contributed by atoms with van der Waals surface area (Å²) in [4.78, 5) is 10.1. The molecular weight excluding hydrogens is 405 g/mol. The molecule has 1 aliphatic carbocycles. The van der Waals surface area contributed by atoms with Gasteiger partial charge in [0.25, 0.3) is 0 Å². The molecule has 2 aliphatic rings. The van der Waals surface area contributed by atoms with Crippen molar-refractivity contribution in [1.82, 2.24) is 0 Å². The predicted octanol–water partition coefficient (Wildman–Crippen LogP) is 4.03. The number of phosphoric acid groups is 1. The minimum atomic E-state index is -4.09. The molecule has 4 atom stereocenters. The van der Waals surface area contributed by atoms with Gasteiger partial charge >= 0.3 is 7.82 Å². The van der Waals surface area contributed by atoms with Crippen LogP contribution in [-0.4, -0.2) is 43.5 Å². The Balaban J connectivity index is 1.40. The fourth-order valence-electron chi connectivity index (χ4n) is 4.55. The largest absolute Gasteiger partial charge is 0.472 e. The van der Waals surface area contributed by atoms with E-state index in [0.29, 0.717) is 13.2 Å². The lowest BCUT2D eigenvalue weighted by Gasteiger charge is -2.27. The van der Waals surface area contributed by atoms with E-state index in [2.05, 4.69) is 6.92 Å². The molecule has 1 saturated heterocycles. The Morgan fingerprint density at radius 3 is 2.80 bits per heavy atom. The van der Waals surface area contributed by atoms with Crippen LogP contribution in [0.25, 0.3) is 0 Å². The summed E-state index contributed by atoms with van der Waals surface area (Å²) in [6, 6.07) is 5.73. The van der Waals surface area contributed by atoms with E-state index in [-0.39, 0.29) is 30.8 Å². The SMILES string of the molecule is CCCCCCOC[C@H]1C[C@]2(COP(=O)(O)OCC[n+]3ccccc3)CCC[C@@H]2O1. The molecule has 0 radical (unpaired) electrons. The number of hydrogen-bond donors (Lipinski definition) is 1. The molecule has 1 saturated carbocycles. The van der Waals surface area contributed by atoms with Gasteiger partial charge < -0.3 is 14.4 Å². The maximum atomic E-state index is 12.4. The Morgan fingerprint density at radius 2 is 2.00 bits per heavy atom. The van der Waals surface area contributed by atoms with Gasteiger partial charge in [-0.1, -0.05) is 38.7 Å². The lowest BCUT2D eigenvalue weighted by atomic mass is 9.82. The van der Waals surface area contributed by atoms with Crippen molar-refractivity contribution in [3.8, 4) is 0 Å². The molecule has 8 heteroatoms. The summed E-state index contributed by atoms with van der Waals surface area (Å²) in [7, 11) is -4.09. The number of pyridine rings is 1. The number of fused-ring (bicyclic) bond motifs is 1. The van der Waals surface area contributed by atoms with Crippen LogP contribution in [0.2, 0.25) is 0 Å². The maximum absolute atomic E-state index is 12.4. The van der Waals surface area contributed by atoms with Crippen LogP contribution in [0, 0.1) is 5.41 Å². The first kappa shape index (κ1) is 23.8. The van der Waals surface area contributed by atoms with E-state index in [0.717, 1.165) is 38.7 Å². The molecule has 1 N–H and O–H groups in total. The van der Waals surface area contributed by atoms with Crippen LogP contribution in [0.15, 0.2) is 30.6 Å². The van der Waals surface area contributed by atoms with Crippen molar-refractivity contribution in [3.05, 3.63) is 30.6 Å². The van der Waals surface area contributed by atoms with Crippen molar-refractivity contribution < 1.29 is 32.5 Å². The summed E-state index contributed by atoms with van der Waals surface area (Å²) in [5, 5.41) is 0. The van der Waals surface area contributed by atoms with Gasteiger partial charge in [-0.3, -0.25) is 9.05 Å². The number of ether oxygens (including phenoxy) is 2. The summed E-state index contributed by atoms with van der Waals surface area (Å²) >= 11 is 0. The highest BCUT2D eigenvalue weighted by Crippen LogP contribution is 2.53. The first-order chi connectivity index (χ1) is 14.5. The first-order valence-corrected chi connectivity index (χ1v) is 12.8. The molecule has 30 heavy (non-hydrogen) atoms. The zero-order valence-corrected chi connectivity index (χ0v) is 19.0. The Hall–Kier alpha value is -0.820. The zero-order chi connectivity index (χ0) is 21.3. The third kappa shape index (κ3) is 7.11. The van der Waals surface area contributed by atoms with Crippen molar-refractivity contribution in [3.63, 3.8) is 0 Å². The number of rotatable bonds is 14. The van der Waals surface area contributed by atoms with Gasteiger partial charge in [0.15, 0.2) is 18.9 Å². The predicted molar refractivity (Wildman–Crippen MR) is 113 cm³/mol. The average Bonchev–Trinajstić information content (AvgIpc) is 3.27. The Labute approximate surface area is 180 Å². The van der Waals surface area contributed by atoms with Gasteiger partial charge in [-0.2, -0.15) is 0 Å². The summed E-state index contributed by atoms with van der Waals surface area (Å²) in [6.07, 6.45) is 12.4. The van der Waals surface area contributed by atoms with Gasteiger partial charge in [0.1, 0.15) is 6.61 Å². The van der Waals surface area contributed by atoms with E-state index < -0.39 is 7.82 Å². The van der Waals surface area contributed by atoms with Gasteiger partial charge in [-0.15, -0.1) is 0 Å². The molecule has 0 spiro atoms. The molecule has 0 bridgehead atoms. The monoisotopic (exact) mass is 442 g/mol. The number of aromatic nitrogens is 1. The molecule has 7 nitrogen and oxygen atoms in total. The second-order valence-electron chi connectivity index (χ2n) is 8.53. The van der Waals surface area contributed by atoms with Crippen molar-refractivity contribution in [2.45, 2.75) is 77.0 Å². The highest BCUT2D eigenvalue weighted by molar-refractivity contribution is 7.47. The van der Waals surface area contributed by atoms with Crippen LogP contribution in [0.4, 0.5) is 0 Å². The zero-order valence-electron chi connectivity index (χ0n) is 18.1. The summed E-state index contributed by atoms with van der Waals surface area (Å²) in [6.45, 7) is 4.36. The number of hydrogen-bond acceptors (Lipinski definition) is 5. The van der Waals surface area contributed by atoms with Gasteiger partial charge in [-0.25, -0.2) is 9.13 Å². The molecule has 2 heterocycles. The van der Waals surface area contributed by atoms with Crippen molar-refractivity contribution in [2.24, 2.45) is 5.41 Å². The van der Waals surface area contributed by atoms with Crippen LogP contribution < -0.4 is 4.57 Å². The Bertz CT molecular complexity index is 675. The number of unbranched alkanes of at least 4 members (excludes halogenated alkanes) is 3.